The fourth-order valence-corrected chi connectivity index (χ4v) is 3.92. The minimum Gasteiger partial charge on any atom is -0.401 e. The Morgan fingerprint density at radius 3 is 2.54 bits per heavy atom. The highest BCUT2D eigenvalue weighted by atomic mass is 16.2. The second kappa shape index (κ2) is 10.7. The number of benzene rings is 1. The SMILES string of the molecule is C=CC(=O)N1CCC(/C(N)=C/N(N)c2ccc(NC(=O)c3cccc(-c4ccn[nH]4)n3)cc2)CC1. The van der Waals surface area contributed by atoms with Gasteiger partial charge in [-0.25, -0.2) is 10.8 Å². The number of piperidine rings is 1. The molecular weight excluding hydrogens is 444 g/mol. The molecule has 1 aliphatic heterocycles. The van der Waals surface area contributed by atoms with E-state index in [2.05, 4.69) is 27.1 Å². The highest BCUT2D eigenvalue weighted by molar-refractivity contribution is 6.03. The summed E-state index contributed by atoms with van der Waals surface area (Å²) < 4.78 is 0. The Bertz CT molecular complexity index is 1210. The zero-order chi connectivity index (χ0) is 24.8. The van der Waals surface area contributed by atoms with Crippen molar-refractivity contribution in [3.63, 3.8) is 0 Å². The quantitative estimate of drug-likeness (QED) is 0.235. The number of nitrogens with one attached hydrogen (secondary N) is 2. The molecule has 10 nitrogen and oxygen atoms in total. The molecule has 0 spiro atoms. The Morgan fingerprint density at radius 1 is 1.14 bits per heavy atom. The number of nitrogens with two attached hydrogens (primary N) is 2. The summed E-state index contributed by atoms with van der Waals surface area (Å²) in [6.45, 7) is 4.82. The van der Waals surface area contributed by atoms with Gasteiger partial charge in [-0.05, 0) is 61.4 Å². The van der Waals surface area contributed by atoms with Crippen LogP contribution in [0.2, 0.25) is 0 Å². The van der Waals surface area contributed by atoms with Crippen LogP contribution in [0.3, 0.4) is 0 Å². The van der Waals surface area contributed by atoms with Crippen LogP contribution in [-0.4, -0.2) is 45.0 Å². The van der Waals surface area contributed by atoms with Crippen LogP contribution in [0, 0.1) is 5.92 Å². The van der Waals surface area contributed by atoms with Crippen LogP contribution in [0.4, 0.5) is 11.4 Å². The lowest BCUT2D eigenvalue weighted by atomic mass is 9.94. The molecule has 6 N–H and O–H groups in total. The number of H-pyrrole nitrogens is 1. The van der Waals surface area contributed by atoms with Crippen molar-refractivity contribution in [2.24, 2.45) is 17.5 Å². The van der Waals surface area contributed by atoms with Crippen LogP contribution in [0.1, 0.15) is 23.3 Å². The zero-order valence-electron chi connectivity index (χ0n) is 19.2. The van der Waals surface area contributed by atoms with Gasteiger partial charge in [0.15, 0.2) is 0 Å². The second-order valence-corrected chi connectivity index (χ2v) is 8.22. The molecular formula is C25H28N8O2. The summed E-state index contributed by atoms with van der Waals surface area (Å²) in [6.07, 6.45) is 6.22. The lowest BCUT2D eigenvalue weighted by Gasteiger charge is -2.32. The van der Waals surface area contributed by atoms with Gasteiger partial charge in [-0.2, -0.15) is 5.10 Å². The predicted octanol–water partition coefficient (Wildman–Crippen LogP) is 2.63. The van der Waals surface area contributed by atoms with Gasteiger partial charge in [0.05, 0.1) is 17.1 Å². The van der Waals surface area contributed by atoms with Crippen LogP contribution in [0.25, 0.3) is 11.4 Å². The van der Waals surface area contributed by atoms with Crippen molar-refractivity contribution in [1.82, 2.24) is 20.1 Å². The van der Waals surface area contributed by atoms with Crippen molar-refractivity contribution < 1.29 is 9.59 Å². The molecule has 0 bridgehead atoms. The number of amides is 2. The van der Waals surface area contributed by atoms with Crippen LogP contribution < -0.4 is 21.9 Å². The Morgan fingerprint density at radius 2 is 1.89 bits per heavy atom. The highest BCUT2D eigenvalue weighted by Gasteiger charge is 2.23. The number of likely N-dealkylation sites (tertiary alicyclic amines) is 1. The Balaban J connectivity index is 1.35. The summed E-state index contributed by atoms with van der Waals surface area (Å²) in [4.78, 5) is 30.6. The Hall–Kier alpha value is -4.44. The third-order valence-electron chi connectivity index (χ3n) is 5.92. The largest absolute Gasteiger partial charge is 0.401 e. The molecule has 0 atom stereocenters. The summed E-state index contributed by atoms with van der Waals surface area (Å²) in [5, 5.41) is 11.0. The molecule has 2 amide bonds. The normalized spacial score (nSPS) is 14.4. The number of hydrogen-bond acceptors (Lipinski definition) is 7. The lowest BCUT2D eigenvalue weighted by molar-refractivity contribution is -0.127. The average Bonchev–Trinajstić information content (AvgIpc) is 3.44. The van der Waals surface area contributed by atoms with E-state index in [0.717, 1.165) is 18.5 Å². The second-order valence-electron chi connectivity index (χ2n) is 8.22. The van der Waals surface area contributed by atoms with Gasteiger partial charge in [-0.15, -0.1) is 0 Å². The maximum Gasteiger partial charge on any atom is 0.274 e. The maximum atomic E-state index is 12.7. The smallest absolute Gasteiger partial charge is 0.274 e. The topological polar surface area (TPSA) is 146 Å². The monoisotopic (exact) mass is 472 g/mol. The van der Waals surface area contributed by atoms with E-state index in [1.165, 1.54) is 11.1 Å². The van der Waals surface area contributed by atoms with E-state index in [1.54, 1.807) is 65.8 Å². The number of rotatable bonds is 7. The van der Waals surface area contributed by atoms with E-state index in [0.29, 0.717) is 35.9 Å². The lowest BCUT2D eigenvalue weighted by Crippen LogP contribution is -2.39. The molecule has 3 aromatic rings. The summed E-state index contributed by atoms with van der Waals surface area (Å²) >= 11 is 0. The molecule has 10 heteroatoms. The molecule has 0 unspecified atom stereocenters. The number of hydrazine groups is 1. The van der Waals surface area contributed by atoms with Crippen LogP contribution in [-0.2, 0) is 4.79 Å². The van der Waals surface area contributed by atoms with Crippen LogP contribution in [0.15, 0.2) is 79.3 Å². The number of allylic oxidation sites excluding steroid dienone is 1. The van der Waals surface area contributed by atoms with Crippen molar-refractivity contribution in [2.75, 3.05) is 23.4 Å². The first kappa shape index (κ1) is 23.7. The molecule has 3 heterocycles. The van der Waals surface area contributed by atoms with Crippen LogP contribution in [0.5, 0.6) is 0 Å². The van der Waals surface area contributed by atoms with E-state index in [9.17, 15) is 9.59 Å². The maximum absolute atomic E-state index is 12.7. The number of hydrogen-bond donors (Lipinski definition) is 4. The van der Waals surface area contributed by atoms with E-state index >= 15 is 0 Å². The third-order valence-corrected chi connectivity index (χ3v) is 5.92. The predicted molar refractivity (Wildman–Crippen MR) is 135 cm³/mol. The molecule has 1 saturated heterocycles. The molecule has 0 aliphatic carbocycles. The minimum atomic E-state index is -0.325. The molecule has 1 aromatic carbocycles. The molecule has 0 saturated carbocycles. The van der Waals surface area contributed by atoms with Crippen molar-refractivity contribution in [3.05, 3.63) is 85.0 Å². The summed E-state index contributed by atoms with van der Waals surface area (Å²) in [6, 6.07) is 14.1. The van der Waals surface area contributed by atoms with Crippen molar-refractivity contribution >= 4 is 23.2 Å². The van der Waals surface area contributed by atoms with E-state index in [4.69, 9.17) is 11.6 Å². The zero-order valence-corrected chi connectivity index (χ0v) is 19.2. The average molecular weight is 473 g/mol. The third kappa shape index (κ3) is 5.74. The number of nitrogens with zero attached hydrogens (tertiary/aromatic N) is 4. The molecule has 35 heavy (non-hydrogen) atoms. The molecule has 0 radical (unpaired) electrons. The number of carbonyl (C=O) groups excluding carboxylic acids is 2. The summed E-state index contributed by atoms with van der Waals surface area (Å²) in [7, 11) is 0. The molecule has 1 aliphatic rings. The van der Waals surface area contributed by atoms with Crippen molar-refractivity contribution in [2.45, 2.75) is 12.8 Å². The molecule has 180 valence electrons. The summed E-state index contributed by atoms with van der Waals surface area (Å²) in [5.41, 5.74) is 9.93. The van der Waals surface area contributed by atoms with Gasteiger partial charge in [-0.3, -0.25) is 19.7 Å². The fraction of sp³-hybridized carbons (Fsp3) is 0.200. The Labute approximate surface area is 203 Å². The number of pyridine rings is 1. The van der Waals surface area contributed by atoms with Gasteiger partial charge in [0.2, 0.25) is 5.91 Å². The first-order valence-corrected chi connectivity index (χ1v) is 11.3. The number of anilines is 2. The molecule has 4 rings (SSSR count). The molecule has 2 aromatic heterocycles. The fourth-order valence-electron chi connectivity index (χ4n) is 3.92. The first-order chi connectivity index (χ1) is 16.9. The van der Waals surface area contributed by atoms with E-state index in [1.807, 2.05) is 0 Å². The standard InChI is InChI=1S/C25H28N8O2/c1-2-24(34)32-14-11-17(12-15-32)20(26)16-33(27)19-8-6-18(7-9-19)29-25(35)23-5-3-4-21(30-23)22-10-13-28-31-22/h2-10,13,16-17H,1,11-12,14-15,26-27H2,(H,28,31)(H,29,35)/b20-16-. The first-order valence-electron chi connectivity index (χ1n) is 11.3. The number of aromatic amines is 1. The van der Waals surface area contributed by atoms with Crippen LogP contribution >= 0.6 is 0 Å². The molecule has 1 fully saturated rings. The Kier molecular flexibility index (Phi) is 7.22. The number of carbonyl (C=O) groups is 2. The van der Waals surface area contributed by atoms with Crippen molar-refractivity contribution in [1.29, 1.82) is 0 Å². The highest BCUT2D eigenvalue weighted by Crippen LogP contribution is 2.24. The van der Waals surface area contributed by atoms with E-state index in [-0.39, 0.29) is 23.4 Å². The van der Waals surface area contributed by atoms with Crippen molar-refractivity contribution in [3.8, 4) is 11.4 Å². The van der Waals surface area contributed by atoms with Gasteiger partial charge in [-0.1, -0.05) is 12.6 Å². The summed E-state index contributed by atoms with van der Waals surface area (Å²) in [5.74, 6) is 5.97. The van der Waals surface area contributed by atoms with E-state index < -0.39 is 0 Å². The van der Waals surface area contributed by atoms with Gasteiger partial charge < -0.3 is 16.0 Å². The minimum absolute atomic E-state index is 0.0556. The van der Waals surface area contributed by atoms with Gasteiger partial charge in [0, 0.05) is 42.8 Å². The number of aromatic nitrogens is 3. The van der Waals surface area contributed by atoms with Gasteiger partial charge in [0.25, 0.3) is 5.91 Å². The van der Waals surface area contributed by atoms with Gasteiger partial charge >= 0.3 is 0 Å². The van der Waals surface area contributed by atoms with Gasteiger partial charge in [0.1, 0.15) is 5.69 Å².